The molecule has 1 aromatic heterocycles. The Morgan fingerprint density at radius 2 is 2.07 bits per heavy atom. The average molecular weight is 187 g/mol. The van der Waals surface area contributed by atoms with E-state index in [1.807, 2.05) is 37.3 Å². The number of hydrogen-bond donors (Lipinski definition) is 1. The number of benzene rings is 1. The maximum Gasteiger partial charge on any atom is 0.133 e. The molecule has 2 N–H and O–H groups in total. The van der Waals surface area contributed by atoms with Gasteiger partial charge in [-0.25, -0.2) is 0 Å². The molecular weight excluding hydrogens is 174 g/mol. The van der Waals surface area contributed by atoms with Crippen LogP contribution in [0.25, 0.3) is 11.3 Å². The quantitative estimate of drug-likeness (QED) is 0.785. The number of rotatable bonds is 2. The molecule has 0 aliphatic rings. The summed E-state index contributed by atoms with van der Waals surface area (Å²) in [5.41, 5.74) is 8.00. The van der Waals surface area contributed by atoms with E-state index in [2.05, 4.69) is 6.07 Å². The van der Waals surface area contributed by atoms with Crippen molar-refractivity contribution in [3.63, 3.8) is 0 Å². The standard InChI is InChI=1S/C12H13NO/c1-9(13)10-4-2-5-11(8-10)12-6-3-7-14-12/h2-9H,13H2,1H3. The summed E-state index contributed by atoms with van der Waals surface area (Å²) in [4.78, 5) is 0. The van der Waals surface area contributed by atoms with Gasteiger partial charge in [-0.15, -0.1) is 0 Å². The van der Waals surface area contributed by atoms with Crippen molar-refractivity contribution in [3.8, 4) is 11.3 Å². The molecule has 0 bridgehead atoms. The van der Waals surface area contributed by atoms with Crippen molar-refractivity contribution in [1.82, 2.24) is 0 Å². The van der Waals surface area contributed by atoms with Gasteiger partial charge >= 0.3 is 0 Å². The van der Waals surface area contributed by atoms with Gasteiger partial charge in [-0.2, -0.15) is 0 Å². The summed E-state index contributed by atoms with van der Waals surface area (Å²) in [7, 11) is 0. The maximum atomic E-state index is 5.81. The maximum absolute atomic E-state index is 5.81. The normalized spacial score (nSPS) is 12.7. The van der Waals surface area contributed by atoms with Gasteiger partial charge in [0.2, 0.25) is 0 Å². The zero-order valence-electron chi connectivity index (χ0n) is 8.10. The molecule has 2 aromatic rings. The Bertz CT molecular complexity index is 404. The lowest BCUT2D eigenvalue weighted by molar-refractivity contribution is 0.582. The minimum absolute atomic E-state index is 0.0601. The highest BCUT2D eigenvalue weighted by Gasteiger charge is 2.03. The van der Waals surface area contributed by atoms with E-state index in [1.165, 1.54) is 0 Å². The third-order valence-corrected chi connectivity index (χ3v) is 2.22. The summed E-state index contributed by atoms with van der Waals surface area (Å²) in [6.07, 6.45) is 1.67. The van der Waals surface area contributed by atoms with E-state index in [9.17, 15) is 0 Å². The van der Waals surface area contributed by atoms with Crippen LogP contribution in [0.5, 0.6) is 0 Å². The molecule has 0 amide bonds. The number of furan rings is 1. The summed E-state index contributed by atoms with van der Waals surface area (Å²) < 4.78 is 5.31. The molecule has 0 spiro atoms. The van der Waals surface area contributed by atoms with Gasteiger partial charge in [-0.05, 0) is 30.7 Å². The lowest BCUT2D eigenvalue weighted by Crippen LogP contribution is -2.04. The SMILES string of the molecule is CC(N)c1cccc(-c2ccco2)c1. The van der Waals surface area contributed by atoms with Crippen LogP contribution in [-0.4, -0.2) is 0 Å². The summed E-state index contributed by atoms with van der Waals surface area (Å²) >= 11 is 0. The van der Waals surface area contributed by atoms with Crippen LogP contribution in [0.3, 0.4) is 0 Å². The Morgan fingerprint density at radius 3 is 2.71 bits per heavy atom. The fraction of sp³-hybridized carbons (Fsp3) is 0.167. The summed E-state index contributed by atoms with van der Waals surface area (Å²) in [6, 6.07) is 12.0. The van der Waals surface area contributed by atoms with Gasteiger partial charge < -0.3 is 10.2 Å². The highest BCUT2D eigenvalue weighted by Crippen LogP contribution is 2.22. The van der Waals surface area contributed by atoms with Crippen molar-refractivity contribution in [2.24, 2.45) is 5.73 Å². The highest BCUT2D eigenvalue weighted by atomic mass is 16.3. The molecule has 2 heteroatoms. The van der Waals surface area contributed by atoms with Gasteiger partial charge in [0.05, 0.1) is 6.26 Å². The van der Waals surface area contributed by atoms with Crippen LogP contribution in [0.15, 0.2) is 47.1 Å². The summed E-state index contributed by atoms with van der Waals surface area (Å²) in [6.45, 7) is 1.97. The summed E-state index contributed by atoms with van der Waals surface area (Å²) in [5, 5.41) is 0. The zero-order valence-corrected chi connectivity index (χ0v) is 8.10. The Balaban J connectivity index is 2.41. The van der Waals surface area contributed by atoms with Gasteiger partial charge in [0.1, 0.15) is 5.76 Å². The predicted molar refractivity (Wildman–Crippen MR) is 56.7 cm³/mol. The smallest absolute Gasteiger partial charge is 0.133 e. The van der Waals surface area contributed by atoms with E-state index in [0.717, 1.165) is 16.9 Å². The van der Waals surface area contributed by atoms with E-state index >= 15 is 0 Å². The van der Waals surface area contributed by atoms with Crippen molar-refractivity contribution >= 4 is 0 Å². The predicted octanol–water partition coefficient (Wildman–Crippen LogP) is 2.97. The van der Waals surface area contributed by atoms with Crippen molar-refractivity contribution in [3.05, 3.63) is 48.2 Å². The minimum Gasteiger partial charge on any atom is -0.464 e. The molecular formula is C12H13NO. The molecule has 72 valence electrons. The molecule has 1 heterocycles. The lowest BCUT2D eigenvalue weighted by Gasteiger charge is -2.06. The highest BCUT2D eigenvalue weighted by molar-refractivity contribution is 5.58. The second-order valence-corrected chi connectivity index (χ2v) is 3.39. The van der Waals surface area contributed by atoms with E-state index in [0.29, 0.717) is 0 Å². The van der Waals surface area contributed by atoms with Gasteiger partial charge in [0, 0.05) is 11.6 Å². The fourth-order valence-corrected chi connectivity index (χ4v) is 1.42. The Morgan fingerprint density at radius 1 is 1.21 bits per heavy atom. The molecule has 0 saturated carbocycles. The van der Waals surface area contributed by atoms with Crippen molar-refractivity contribution in [1.29, 1.82) is 0 Å². The van der Waals surface area contributed by atoms with Gasteiger partial charge in [0.15, 0.2) is 0 Å². The molecule has 14 heavy (non-hydrogen) atoms. The second-order valence-electron chi connectivity index (χ2n) is 3.39. The first-order valence-corrected chi connectivity index (χ1v) is 4.67. The van der Waals surface area contributed by atoms with Crippen LogP contribution >= 0.6 is 0 Å². The average Bonchev–Trinajstić information content (AvgIpc) is 2.71. The fourth-order valence-electron chi connectivity index (χ4n) is 1.42. The minimum atomic E-state index is 0.0601. The van der Waals surface area contributed by atoms with Crippen LogP contribution in [0, 0.1) is 0 Å². The lowest BCUT2D eigenvalue weighted by atomic mass is 10.0. The van der Waals surface area contributed by atoms with Crippen LogP contribution in [0.1, 0.15) is 18.5 Å². The molecule has 1 atom stereocenters. The van der Waals surface area contributed by atoms with Crippen molar-refractivity contribution in [2.45, 2.75) is 13.0 Å². The van der Waals surface area contributed by atoms with Crippen LogP contribution in [0.4, 0.5) is 0 Å². The monoisotopic (exact) mass is 187 g/mol. The Hall–Kier alpha value is -1.54. The van der Waals surface area contributed by atoms with Crippen molar-refractivity contribution in [2.75, 3.05) is 0 Å². The van der Waals surface area contributed by atoms with Crippen LogP contribution < -0.4 is 5.73 Å². The van der Waals surface area contributed by atoms with Gasteiger partial charge in [-0.1, -0.05) is 18.2 Å². The first kappa shape index (κ1) is 9.03. The second kappa shape index (κ2) is 3.68. The molecule has 1 aromatic carbocycles. The zero-order chi connectivity index (χ0) is 9.97. The Labute approximate surface area is 83.4 Å². The first-order valence-electron chi connectivity index (χ1n) is 4.67. The van der Waals surface area contributed by atoms with Crippen LogP contribution in [0.2, 0.25) is 0 Å². The molecule has 0 saturated heterocycles. The molecule has 0 aliphatic heterocycles. The van der Waals surface area contributed by atoms with E-state index < -0.39 is 0 Å². The largest absolute Gasteiger partial charge is 0.464 e. The van der Waals surface area contributed by atoms with E-state index in [-0.39, 0.29) is 6.04 Å². The Kier molecular flexibility index (Phi) is 2.37. The van der Waals surface area contributed by atoms with E-state index in [4.69, 9.17) is 10.2 Å². The van der Waals surface area contributed by atoms with E-state index in [1.54, 1.807) is 6.26 Å². The molecule has 2 rings (SSSR count). The third kappa shape index (κ3) is 1.70. The molecule has 2 nitrogen and oxygen atoms in total. The molecule has 1 unspecified atom stereocenters. The first-order chi connectivity index (χ1) is 6.77. The molecule has 0 aliphatic carbocycles. The molecule has 0 fully saturated rings. The number of nitrogens with two attached hydrogens (primary N) is 1. The number of hydrogen-bond acceptors (Lipinski definition) is 2. The van der Waals surface area contributed by atoms with Gasteiger partial charge in [0.25, 0.3) is 0 Å². The van der Waals surface area contributed by atoms with Crippen LogP contribution in [-0.2, 0) is 0 Å². The van der Waals surface area contributed by atoms with Crippen molar-refractivity contribution < 1.29 is 4.42 Å². The topological polar surface area (TPSA) is 39.2 Å². The van der Waals surface area contributed by atoms with Gasteiger partial charge in [-0.3, -0.25) is 0 Å². The molecule has 0 radical (unpaired) electrons. The third-order valence-electron chi connectivity index (χ3n) is 2.22. The summed E-state index contributed by atoms with van der Waals surface area (Å²) in [5.74, 6) is 0.882.